The monoisotopic (exact) mass is 317 g/mol. The Morgan fingerprint density at radius 3 is 2.05 bits per heavy atom. The average Bonchev–Trinajstić information content (AvgIpc) is 2.77. The first-order chi connectivity index (χ1) is 9.80. The molecule has 2 aliphatic rings. The standard InChI is InChI=1S/C15H31N3O2S/c1-12(2)16-9-15-5-7-17(8-6-15)21(19,20)18-10-13(3)14(4)11-18/h12-16H,5-11H2,1-4H3. The number of nitrogens with one attached hydrogen (secondary N) is 1. The van der Waals surface area contributed by atoms with E-state index in [0.29, 0.717) is 50.0 Å². The highest BCUT2D eigenvalue weighted by Crippen LogP contribution is 2.28. The molecule has 5 nitrogen and oxygen atoms in total. The third-order valence-electron chi connectivity index (χ3n) is 5.00. The van der Waals surface area contributed by atoms with E-state index < -0.39 is 10.2 Å². The Balaban J connectivity index is 1.86. The first-order valence-corrected chi connectivity index (χ1v) is 9.69. The fourth-order valence-electron chi connectivity index (χ4n) is 3.18. The fourth-order valence-corrected chi connectivity index (χ4v) is 5.02. The summed E-state index contributed by atoms with van der Waals surface area (Å²) in [6, 6.07) is 0.499. The van der Waals surface area contributed by atoms with Crippen LogP contribution >= 0.6 is 0 Å². The van der Waals surface area contributed by atoms with Crippen LogP contribution in [0.5, 0.6) is 0 Å². The second-order valence-electron chi connectivity index (χ2n) is 7.18. The average molecular weight is 317 g/mol. The minimum atomic E-state index is -3.24. The van der Waals surface area contributed by atoms with Gasteiger partial charge < -0.3 is 5.32 Å². The van der Waals surface area contributed by atoms with Gasteiger partial charge in [0.05, 0.1) is 0 Å². The third kappa shape index (κ3) is 4.18. The minimum Gasteiger partial charge on any atom is -0.314 e. The van der Waals surface area contributed by atoms with Crippen molar-refractivity contribution in [2.45, 2.75) is 46.6 Å². The zero-order chi connectivity index (χ0) is 15.6. The van der Waals surface area contributed by atoms with Gasteiger partial charge in [0.25, 0.3) is 10.2 Å². The van der Waals surface area contributed by atoms with Crippen LogP contribution in [0.25, 0.3) is 0 Å². The van der Waals surface area contributed by atoms with E-state index >= 15 is 0 Å². The van der Waals surface area contributed by atoms with E-state index in [1.807, 2.05) is 0 Å². The van der Waals surface area contributed by atoms with Gasteiger partial charge in [-0.1, -0.05) is 27.7 Å². The van der Waals surface area contributed by atoms with Crippen LogP contribution in [-0.2, 0) is 10.2 Å². The summed E-state index contributed by atoms with van der Waals surface area (Å²) in [7, 11) is -3.24. The predicted octanol–water partition coefficient (Wildman–Crippen LogP) is 1.53. The molecule has 2 aliphatic heterocycles. The Morgan fingerprint density at radius 2 is 1.57 bits per heavy atom. The number of piperidine rings is 1. The molecule has 0 bridgehead atoms. The highest BCUT2D eigenvalue weighted by molar-refractivity contribution is 7.86. The molecule has 2 rings (SSSR count). The van der Waals surface area contributed by atoms with Gasteiger partial charge in [-0.2, -0.15) is 17.0 Å². The van der Waals surface area contributed by atoms with Crippen molar-refractivity contribution in [3.8, 4) is 0 Å². The van der Waals surface area contributed by atoms with Crippen LogP contribution in [0, 0.1) is 17.8 Å². The van der Waals surface area contributed by atoms with E-state index in [-0.39, 0.29) is 0 Å². The van der Waals surface area contributed by atoms with Crippen LogP contribution in [0.1, 0.15) is 40.5 Å². The van der Waals surface area contributed by atoms with Crippen LogP contribution in [0.3, 0.4) is 0 Å². The molecule has 6 heteroatoms. The molecular weight excluding hydrogens is 286 g/mol. The molecule has 0 aromatic carbocycles. The molecule has 0 radical (unpaired) electrons. The first-order valence-electron chi connectivity index (χ1n) is 8.29. The van der Waals surface area contributed by atoms with Crippen LogP contribution in [-0.4, -0.2) is 55.8 Å². The smallest absolute Gasteiger partial charge is 0.281 e. The minimum absolute atomic E-state index is 0.465. The van der Waals surface area contributed by atoms with Crippen molar-refractivity contribution < 1.29 is 8.42 Å². The molecule has 21 heavy (non-hydrogen) atoms. The quantitative estimate of drug-likeness (QED) is 0.836. The highest BCUT2D eigenvalue weighted by atomic mass is 32.2. The molecule has 2 atom stereocenters. The van der Waals surface area contributed by atoms with E-state index in [1.54, 1.807) is 8.61 Å². The maximum atomic E-state index is 12.7. The highest BCUT2D eigenvalue weighted by Gasteiger charge is 2.38. The van der Waals surface area contributed by atoms with Crippen LogP contribution in [0.4, 0.5) is 0 Å². The van der Waals surface area contributed by atoms with Crippen molar-refractivity contribution in [2.24, 2.45) is 17.8 Å². The van der Waals surface area contributed by atoms with Gasteiger partial charge >= 0.3 is 0 Å². The molecule has 2 fully saturated rings. The SMILES string of the molecule is CC(C)NCC1CCN(S(=O)(=O)N2CC(C)C(C)C2)CC1. The van der Waals surface area contributed by atoms with E-state index in [4.69, 9.17) is 0 Å². The van der Waals surface area contributed by atoms with Crippen LogP contribution in [0.15, 0.2) is 0 Å². The fraction of sp³-hybridized carbons (Fsp3) is 1.00. The largest absolute Gasteiger partial charge is 0.314 e. The first kappa shape index (κ1) is 17.2. The molecule has 0 aliphatic carbocycles. The van der Waals surface area contributed by atoms with Gasteiger partial charge in [0.15, 0.2) is 0 Å². The number of nitrogens with zero attached hydrogens (tertiary/aromatic N) is 2. The summed E-state index contributed by atoms with van der Waals surface area (Å²) >= 11 is 0. The molecule has 1 N–H and O–H groups in total. The predicted molar refractivity (Wildman–Crippen MR) is 86.3 cm³/mol. The summed E-state index contributed by atoms with van der Waals surface area (Å²) in [6.45, 7) is 12.3. The molecule has 0 spiro atoms. The molecular formula is C15H31N3O2S. The molecule has 0 saturated carbocycles. The summed E-state index contributed by atoms with van der Waals surface area (Å²) < 4.78 is 28.8. The lowest BCUT2D eigenvalue weighted by molar-refractivity contribution is 0.250. The summed E-state index contributed by atoms with van der Waals surface area (Å²) in [5.74, 6) is 1.54. The molecule has 124 valence electrons. The van der Waals surface area contributed by atoms with Crippen molar-refractivity contribution in [3.05, 3.63) is 0 Å². The van der Waals surface area contributed by atoms with E-state index in [1.165, 1.54) is 0 Å². The third-order valence-corrected chi connectivity index (χ3v) is 6.96. The Hall–Kier alpha value is -0.170. The second kappa shape index (κ2) is 6.94. The lowest BCUT2D eigenvalue weighted by Crippen LogP contribution is -2.47. The van der Waals surface area contributed by atoms with Crippen molar-refractivity contribution >= 4 is 10.2 Å². The molecule has 2 heterocycles. The van der Waals surface area contributed by atoms with Gasteiger partial charge in [-0.15, -0.1) is 0 Å². The van der Waals surface area contributed by atoms with Crippen LogP contribution < -0.4 is 5.32 Å². The summed E-state index contributed by atoms with van der Waals surface area (Å²) in [4.78, 5) is 0. The zero-order valence-electron chi connectivity index (χ0n) is 13.9. The van der Waals surface area contributed by atoms with Crippen LogP contribution in [0.2, 0.25) is 0 Å². The lowest BCUT2D eigenvalue weighted by atomic mass is 9.98. The number of hydrogen-bond donors (Lipinski definition) is 1. The van der Waals surface area contributed by atoms with E-state index in [2.05, 4.69) is 33.0 Å². The molecule has 0 aromatic rings. The number of hydrogen-bond acceptors (Lipinski definition) is 3. The molecule has 2 unspecified atom stereocenters. The Morgan fingerprint density at radius 1 is 1.05 bits per heavy atom. The van der Waals surface area contributed by atoms with Crippen molar-refractivity contribution in [3.63, 3.8) is 0 Å². The molecule has 2 saturated heterocycles. The van der Waals surface area contributed by atoms with E-state index in [9.17, 15) is 8.42 Å². The van der Waals surface area contributed by atoms with Crippen molar-refractivity contribution in [1.29, 1.82) is 0 Å². The summed E-state index contributed by atoms with van der Waals surface area (Å²) in [6.07, 6.45) is 1.94. The van der Waals surface area contributed by atoms with Crippen molar-refractivity contribution in [2.75, 3.05) is 32.7 Å². The second-order valence-corrected chi connectivity index (χ2v) is 9.11. The van der Waals surface area contributed by atoms with Crippen molar-refractivity contribution in [1.82, 2.24) is 13.9 Å². The molecule has 0 amide bonds. The Kier molecular flexibility index (Phi) is 5.68. The number of rotatable bonds is 5. The lowest BCUT2D eigenvalue weighted by Gasteiger charge is -2.34. The van der Waals surface area contributed by atoms with Gasteiger partial charge in [0, 0.05) is 32.2 Å². The van der Waals surface area contributed by atoms with Gasteiger partial charge in [0.2, 0.25) is 0 Å². The normalized spacial score (nSPS) is 30.3. The maximum Gasteiger partial charge on any atom is 0.281 e. The summed E-state index contributed by atoms with van der Waals surface area (Å²) in [5.41, 5.74) is 0. The zero-order valence-corrected chi connectivity index (χ0v) is 14.7. The molecule has 0 aromatic heterocycles. The summed E-state index contributed by atoms with van der Waals surface area (Å²) in [5, 5.41) is 3.46. The van der Waals surface area contributed by atoms with Gasteiger partial charge in [-0.3, -0.25) is 0 Å². The van der Waals surface area contributed by atoms with Gasteiger partial charge in [-0.05, 0) is 37.1 Å². The maximum absolute atomic E-state index is 12.7. The van der Waals surface area contributed by atoms with Gasteiger partial charge in [-0.25, -0.2) is 0 Å². The topological polar surface area (TPSA) is 52.7 Å². The van der Waals surface area contributed by atoms with E-state index in [0.717, 1.165) is 19.4 Å². The Bertz CT molecular complexity index is 420. The Labute approximate surface area is 130 Å². The van der Waals surface area contributed by atoms with Gasteiger partial charge in [0.1, 0.15) is 0 Å².